The Morgan fingerprint density at radius 3 is 1.75 bits per heavy atom. The Balaban J connectivity index is 3.62. The van der Waals surface area contributed by atoms with Crippen LogP contribution in [0.5, 0.6) is 0 Å². The molecule has 0 fully saturated rings. The fourth-order valence-corrected chi connectivity index (χ4v) is 0.919. The van der Waals surface area contributed by atoms with E-state index in [1.807, 2.05) is 20.8 Å². The van der Waals surface area contributed by atoms with E-state index in [-0.39, 0.29) is 4.75 Å². The standard InChI is InChI=1S/C5H14NOS/c1-5(2,3)8(7)6-4/h6-7H,1-4H3/q+1. The average Bonchev–Trinajstić information content (AvgIpc) is 1.62. The average molecular weight is 136 g/mol. The number of hydrogen-bond acceptors (Lipinski definition) is 2. The molecule has 3 heteroatoms. The topological polar surface area (TPSA) is 32.3 Å². The minimum absolute atomic E-state index is 0.0191. The van der Waals surface area contributed by atoms with Crippen LogP contribution in [0.1, 0.15) is 20.8 Å². The van der Waals surface area contributed by atoms with Gasteiger partial charge in [0.1, 0.15) is 0 Å². The summed E-state index contributed by atoms with van der Waals surface area (Å²) in [5.74, 6) is 0. The molecule has 0 saturated carbocycles. The Labute approximate surface area is 54.0 Å². The first-order valence-electron chi connectivity index (χ1n) is 2.59. The van der Waals surface area contributed by atoms with E-state index in [4.69, 9.17) is 4.55 Å². The molecule has 0 rings (SSSR count). The molecule has 0 spiro atoms. The lowest BCUT2D eigenvalue weighted by atomic mass is 10.3. The van der Waals surface area contributed by atoms with Crippen LogP contribution in [0.25, 0.3) is 0 Å². The van der Waals surface area contributed by atoms with E-state index >= 15 is 0 Å². The van der Waals surface area contributed by atoms with Gasteiger partial charge in [-0.1, -0.05) is 0 Å². The molecule has 0 aromatic rings. The van der Waals surface area contributed by atoms with Crippen LogP contribution in [0.3, 0.4) is 0 Å². The van der Waals surface area contributed by atoms with E-state index in [0.29, 0.717) is 0 Å². The molecule has 0 aromatic carbocycles. The predicted octanol–water partition coefficient (Wildman–Crippen LogP) is 1.01. The molecular weight excluding hydrogens is 122 g/mol. The van der Waals surface area contributed by atoms with Crippen LogP contribution in [0, 0.1) is 0 Å². The van der Waals surface area contributed by atoms with Gasteiger partial charge in [0.05, 0.1) is 0 Å². The number of nitrogens with one attached hydrogen (secondary N) is 1. The lowest BCUT2D eigenvalue weighted by molar-refractivity contribution is 0.585. The van der Waals surface area contributed by atoms with Gasteiger partial charge in [0.25, 0.3) is 0 Å². The zero-order chi connectivity index (χ0) is 6.78. The molecule has 0 bridgehead atoms. The van der Waals surface area contributed by atoms with Gasteiger partial charge in [-0.25, -0.2) is 0 Å². The maximum absolute atomic E-state index is 9.11. The first-order chi connectivity index (χ1) is 3.48. The van der Waals surface area contributed by atoms with Crippen molar-refractivity contribution in [3.8, 4) is 0 Å². The molecule has 2 N–H and O–H groups in total. The quantitative estimate of drug-likeness (QED) is 0.527. The normalized spacial score (nSPS) is 16.1. The summed E-state index contributed by atoms with van der Waals surface area (Å²) in [5.41, 5.74) is 0. The van der Waals surface area contributed by atoms with E-state index in [0.717, 1.165) is 0 Å². The fourth-order valence-electron chi connectivity index (χ4n) is 0.306. The Hall–Kier alpha value is 0.270. The van der Waals surface area contributed by atoms with Crippen LogP contribution in [-0.2, 0) is 11.4 Å². The van der Waals surface area contributed by atoms with Crippen molar-refractivity contribution in [1.29, 1.82) is 0 Å². The highest BCUT2D eigenvalue weighted by atomic mass is 32.2. The number of hydrogen-bond donors (Lipinski definition) is 2. The van der Waals surface area contributed by atoms with Crippen LogP contribution in [0.4, 0.5) is 0 Å². The van der Waals surface area contributed by atoms with Crippen molar-refractivity contribution in [2.24, 2.45) is 0 Å². The molecule has 0 amide bonds. The maximum atomic E-state index is 9.11. The maximum Gasteiger partial charge on any atom is 0.240 e. The van der Waals surface area contributed by atoms with Crippen LogP contribution in [0.2, 0.25) is 0 Å². The van der Waals surface area contributed by atoms with Gasteiger partial charge in [-0.05, 0) is 20.8 Å². The van der Waals surface area contributed by atoms with Gasteiger partial charge in [0, 0.05) is 7.05 Å². The molecule has 1 unspecified atom stereocenters. The van der Waals surface area contributed by atoms with Crippen LogP contribution in [-0.4, -0.2) is 16.3 Å². The van der Waals surface area contributed by atoms with E-state index in [2.05, 4.69) is 4.72 Å². The second-order valence-electron chi connectivity index (χ2n) is 2.60. The summed E-state index contributed by atoms with van der Waals surface area (Å²) in [6.45, 7) is 5.98. The van der Waals surface area contributed by atoms with Gasteiger partial charge >= 0.3 is 0 Å². The highest BCUT2D eigenvalue weighted by Crippen LogP contribution is 2.11. The Morgan fingerprint density at radius 2 is 1.75 bits per heavy atom. The van der Waals surface area contributed by atoms with Gasteiger partial charge in [-0.3, -0.25) is 0 Å². The van der Waals surface area contributed by atoms with Crippen molar-refractivity contribution in [3.05, 3.63) is 0 Å². The molecule has 8 heavy (non-hydrogen) atoms. The first kappa shape index (κ1) is 8.27. The summed E-state index contributed by atoms with van der Waals surface area (Å²) < 4.78 is 11.9. The van der Waals surface area contributed by atoms with Gasteiger partial charge in [-0.15, -0.1) is 4.72 Å². The van der Waals surface area contributed by atoms with E-state index in [9.17, 15) is 0 Å². The monoisotopic (exact) mass is 136 g/mol. The molecule has 2 nitrogen and oxygen atoms in total. The van der Waals surface area contributed by atoms with Crippen molar-refractivity contribution in [2.75, 3.05) is 7.05 Å². The van der Waals surface area contributed by atoms with Crippen molar-refractivity contribution >= 4 is 11.4 Å². The summed E-state index contributed by atoms with van der Waals surface area (Å²) in [4.78, 5) is 0. The van der Waals surface area contributed by atoms with E-state index in [1.165, 1.54) is 0 Å². The van der Waals surface area contributed by atoms with Crippen molar-refractivity contribution in [3.63, 3.8) is 0 Å². The zero-order valence-corrected chi connectivity index (χ0v) is 6.67. The van der Waals surface area contributed by atoms with Crippen molar-refractivity contribution in [1.82, 2.24) is 4.72 Å². The van der Waals surface area contributed by atoms with E-state index in [1.54, 1.807) is 7.05 Å². The van der Waals surface area contributed by atoms with Gasteiger partial charge < -0.3 is 0 Å². The first-order valence-corrected chi connectivity index (χ1v) is 3.77. The fraction of sp³-hybridized carbons (Fsp3) is 1.00. The second kappa shape index (κ2) is 2.71. The Morgan fingerprint density at radius 1 is 1.38 bits per heavy atom. The third kappa shape index (κ3) is 2.55. The third-order valence-corrected chi connectivity index (χ3v) is 2.32. The molecule has 0 heterocycles. The second-order valence-corrected chi connectivity index (χ2v) is 4.80. The van der Waals surface area contributed by atoms with Crippen molar-refractivity contribution in [2.45, 2.75) is 25.5 Å². The van der Waals surface area contributed by atoms with Gasteiger partial charge in [-0.2, -0.15) is 4.55 Å². The smallest absolute Gasteiger partial charge is 0.166 e. The Bertz CT molecular complexity index is 69.3. The Kier molecular flexibility index (Phi) is 2.80. The molecular formula is C5H14NOS+. The molecule has 50 valence electrons. The molecule has 0 aliphatic carbocycles. The minimum atomic E-state index is -0.644. The van der Waals surface area contributed by atoms with Crippen LogP contribution < -0.4 is 4.72 Å². The predicted molar refractivity (Wildman–Crippen MR) is 38.8 cm³/mol. The zero-order valence-electron chi connectivity index (χ0n) is 5.86. The summed E-state index contributed by atoms with van der Waals surface area (Å²) in [5, 5.41) is 0. The molecule has 0 aliphatic rings. The summed E-state index contributed by atoms with van der Waals surface area (Å²) >= 11 is -0.644. The lowest BCUT2D eigenvalue weighted by Gasteiger charge is -2.11. The highest BCUT2D eigenvalue weighted by molar-refractivity contribution is 7.90. The van der Waals surface area contributed by atoms with Crippen LogP contribution >= 0.6 is 0 Å². The largest absolute Gasteiger partial charge is 0.240 e. The SMILES string of the molecule is CN[S+](O)C(C)(C)C. The molecule has 0 saturated heterocycles. The minimum Gasteiger partial charge on any atom is -0.166 e. The number of rotatable bonds is 1. The van der Waals surface area contributed by atoms with Gasteiger partial charge in [0.15, 0.2) is 4.75 Å². The molecule has 0 aliphatic heterocycles. The van der Waals surface area contributed by atoms with Crippen molar-refractivity contribution < 1.29 is 4.55 Å². The molecule has 0 radical (unpaired) electrons. The summed E-state index contributed by atoms with van der Waals surface area (Å²) in [6, 6.07) is 0. The van der Waals surface area contributed by atoms with Gasteiger partial charge in [0.2, 0.25) is 11.4 Å². The lowest BCUT2D eigenvalue weighted by Crippen LogP contribution is -2.36. The highest BCUT2D eigenvalue weighted by Gasteiger charge is 2.32. The third-order valence-electron chi connectivity index (χ3n) is 0.773. The summed E-state index contributed by atoms with van der Waals surface area (Å²) in [6.07, 6.45) is 0. The molecule has 1 atom stereocenters. The molecule has 0 aromatic heterocycles. The van der Waals surface area contributed by atoms with Crippen LogP contribution in [0.15, 0.2) is 0 Å². The summed E-state index contributed by atoms with van der Waals surface area (Å²) in [7, 11) is 1.76. The van der Waals surface area contributed by atoms with E-state index < -0.39 is 11.4 Å².